The van der Waals surface area contributed by atoms with Crippen molar-refractivity contribution in [2.45, 2.75) is 6.54 Å². The van der Waals surface area contributed by atoms with Crippen LogP contribution in [0.25, 0.3) is 11.4 Å². The van der Waals surface area contributed by atoms with E-state index in [0.29, 0.717) is 34.4 Å². The maximum atomic E-state index is 12.8. The highest BCUT2D eigenvalue weighted by Gasteiger charge is 2.11. The lowest BCUT2D eigenvalue weighted by Crippen LogP contribution is -2.20. The molecule has 2 amide bonds. The predicted molar refractivity (Wildman–Crippen MR) is 142 cm³/mol. The number of nitrogens with zero attached hydrogens (tertiary/aromatic N) is 3. The van der Waals surface area contributed by atoms with Gasteiger partial charge in [0.25, 0.3) is 0 Å². The van der Waals surface area contributed by atoms with E-state index >= 15 is 0 Å². The number of halogens is 1. The van der Waals surface area contributed by atoms with Crippen LogP contribution in [0.5, 0.6) is 11.5 Å². The van der Waals surface area contributed by atoms with E-state index in [1.54, 1.807) is 36.8 Å². The number of carbonyl (C=O) groups is 1. The van der Waals surface area contributed by atoms with Gasteiger partial charge < -0.3 is 19.9 Å². The summed E-state index contributed by atoms with van der Waals surface area (Å²) in [5, 5.41) is 6.20. The molecule has 2 N–H and O–H groups in total. The third-order valence-corrected chi connectivity index (χ3v) is 5.59. The van der Waals surface area contributed by atoms with Gasteiger partial charge in [-0.3, -0.25) is 4.98 Å². The van der Waals surface area contributed by atoms with E-state index in [-0.39, 0.29) is 0 Å². The Morgan fingerprint density at radius 1 is 0.889 bits per heavy atom. The van der Waals surface area contributed by atoms with Crippen LogP contribution in [-0.2, 0) is 6.54 Å². The van der Waals surface area contributed by atoms with Crippen LogP contribution in [-0.4, -0.2) is 20.6 Å². The molecule has 0 bridgehead atoms. The maximum Gasteiger partial charge on any atom is 0.323 e. The summed E-state index contributed by atoms with van der Waals surface area (Å²) in [6, 6.07) is 25.5. The smallest absolute Gasteiger partial charge is 0.323 e. The molecule has 2 aromatic heterocycles. The van der Waals surface area contributed by atoms with Gasteiger partial charge in [-0.1, -0.05) is 41.9 Å². The van der Waals surface area contributed by atoms with Crippen molar-refractivity contribution in [1.29, 1.82) is 0 Å². The van der Waals surface area contributed by atoms with Gasteiger partial charge in [0.2, 0.25) is 0 Å². The third-order valence-electron chi connectivity index (χ3n) is 5.35. The Kier molecular flexibility index (Phi) is 6.91. The van der Waals surface area contributed by atoms with E-state index < -0.39 is 6.03 Å². The number of aromatic nitrogens is 3. The van der Waals surface area contributed by atoms with Gasteiger partial charge in [0, 0.05) is 47.6 Å². The first-order valence-corrected chi connectivity index (χ1v) is 11.6. The van der Waals surface area contributed by atoms with Crippen molar-refractivity contribution in [2.75, 3.05) is 10.6 Å². The highest BCUT2D eigenvalue weighted by Crippen LogP contribution is 2.32. The Morgan fingerprint density at radius 2 is 1.72 bits per heavy atom. The van der Waals surface area contributed by atoms with Gasteiger partial charge in [-0.2, -0.15) is 0 Å². The highest BCUT2D eigenvalue weighted by atomic mass is 35.5. The first-order valence-electron chi connectivity index (χ1n) is 11.2. The number of ether oxygens (including phenoxy) is 1. The molecule has 5 rings (SSSR count). The van der Waals surface area contributed by atoms with Gasteiger partial charge in [0.15, 0.2) is 5.75 Å². The number of rotatable bonds is 7. The summed E-state index contributed by atoms with van der Waals surface area (Å²) in [5.41, 5.74) is 3.11. The van der Waals surface area contributed by atoms with Crippen LogP contribution in [0.1, 0.15) is 5.56 Å². The number of pyridine rings is 1. The fraction of sp³-hybridized carbons (Fsp3) is 0.0357. The second-order valence-electron chi connectivity index (χ2n) is 7.95. The van der Waals surface area contributed by atoms with Gasteiger partial charge in [0.1, 0.15) is 11.6 Å². The van der Waals surface area contributed by atoms with Gasteiger partial charge in [-0.05, 0) is 60.2 Å². The third kappa shape index (κ3) is 5.71. The van der Waals surface area contributed by atoms with Crippen LogP contribution in [0, 0.1) is 0 Å². The van der Waals surface area contributed by atoms with E-state index in [1.165, 1.54) is 0 Å². The zero-order chi connectivity index (χ0) is 24.7. The molecule has 0 saturated carbocycles. The lowest BCUT2D eigenvalue weighted by Gasteiger charge is -2.14. The second kappa shape index (κ2) is 10.8. The summed E-state index contributed by atoms with van der Waals surface area (Å²) < 4.78 is 7.98. The molecular formula is C28H22ClN5O2. The summed E-state index contributed by atoms with van der Waals surface area (Å²) in [5.74, 6) is 1.99. The van der Waals surface area contributed by atoms with Gasteiger partial charge in [0.05, 0.1) is 5.69 Å². The molecule has 7 nitrogen and oxygen atoms in total. The molecule has 36 heavy (non-hydrogen) atoms. The van der Waals surface area contributed by atoms with Crippen LogP contribution in [0.2, 0.25) is 5.02 Å². The van der Waals surface area contributed by atoms with Crippen molar-refractivity contribution in [3.05, 3.63) is 120 Å². The van der Waals surface area contributed by atoms with Crippen molar-refractivity contribution >= 4 is 29.0 Å². The number of amides is 2. The number of para-hydroxylation sites is 1. The normalized spacial score (nSPS) is 10.6. The summed E-state index contributed by atoms with van der Waals surface area (Å²) in [4.78, 5) is 21.4. The summed E-state index contributed by atoms with van der Waals surface area (Å²) in [7, 11) is 0. The topological polar surface area (TPSA) is 81.1 Å². The molecule has 3 aromatic carbocycles. The van der Waals surface area contributed by atoms with Gasteiger partial charge in [-0.15, -0.1) is 0 Å². The monoisotopic (exact) mass is 495 g/mol. The Hall–Kier alpha value is -4.62. The highest BCUT2D eigenvalue weighted by molar-refractivity contribution is 6.31. The van der Waals surface area contributed by atoms with Crippen LogP contribution >= 0.6 is 11.6 Å². The zero-order valence-electron chi connectivity index (χ0n) is 19.1. The fourth-order valence-electron chi connectivity index (χ4n) is 3.73. The Morgan fingerprint density at radius 3 is 2.56 bits per heavy atom. The number of anilines is 2. The van der Waals surface area contributed by atoms with E-state index in [9.17, 15) is 4.79 Å². The lowest BCUT2D eigenvalue weighted by atomic mass is 10.2. The molecule has 0 aliphatic heterocycles. The summed E-state index contributed by atoms with van der Waals surface area (Å²) >= 11 is 6.17. The van der Waals surface area contributed by atoms with Crippen molar-refractivity contribution in [3.8, 4) is 22.9 Å². The molecule has 0 saturated heterocycles. The van der Waals surface area contributed by atoms with Crippen LogP contribution in [0.4, 0.5) is 16.2 Å². The SMILES string of the molecule is O=C(Nc1cccc(Cn2ccnc2-c2ccncc2)c1)Nc1cc(Cl)ccc1Oc1ccccc1. The number of hydrogen-bond donors (Lipinski definition) is 2. The molecular weight excluding hydrogens is 474 g/mol. The Balaban J connectivity index is 1.28. The van der Waals surface area contributed by atoms with Crippen molar-refractivity contribution in [1.82, 2.24) is 14.5 Å². The molecule has 0 unspecified atom stereocenters. The van der Waals surface area contributed by atoms with Crippen molar-refractivity contribution < 1.29 is 9.53 Å². The molecule has 0 radical (unpaired) electrons. The summed E-state index contributed by atoms with van der Waals surface area (Å²) in [6.07, 6.45) is 7.18. The number of hydrogen-bond acceptors (Lipinski definition) is 4. The lowest BCUT2D eigenvalue weighted by molar-refractivity contribution is 0.262. The van der Waals surface area contributed by atoms with Gasteiger partial charge in [-0.25, -0.2) is 9.78 Å². The molecule has 0 aliphatic rings. The fourth-order valence-corrected chi connectivity index (χ4v) is 3.90. The number of urea groups is 1. The number of imidazole rings is 1. The molecule has 8 heteroatoms. The first-order chi connectivity index (χ1) is 17.6. The minimum atomic E-state index is -0.410. The minimum absolute atomic E-state index is 0.410. The van der Waals surface area contributed by atoms with Crippen LogP contribution in [0.15, 0.2) is 110 Å². The standard InChI is InChI=1S/C28H22ClN5O2/c29-22-9-10-26(36-24-7-2-1-3-8-24)25(18-22)33-28(35)32-23-6-4-5-20(17-23)19-34-16-15-31-27(34)21-11-13-30-14-12-21/h1-18H,19H2,(H2,32,33,35). The average molecular weight is 496 g/mol. The quantitative estimate of drug-likeness (QED) is 0.253. The molecule has 2 heterocycles. The van der Waals surface area contributed by atoms with Crippen molar-refractivity contribution in [3.63, 3.8) is 0 Å². The molecule has 178 valence electrons. The molecule has 5 aromatic rings. The minimum Gasteiger partial charge on any atom is -0.455 e. The van der Waals surface area contributed by atoms with Crippen LogP contribution < -0.4 is 15.4 Å². The zero-order valence-corrected chi connectivity index (χ0v) is 19.9. The van der Waals surface area contributed by atoms with E-state index in [4.69, 9.17) is 16.3 Å². The maximum absolute atomic E-state index is 12.8. The molecule has 0 atom stereocenters. The average Bonchev–Trinajstić information content (AvgIpc) is 3.35. The van der Waals surface area contributed by atoms with E-state index in [2.05, 4.69) is 20.6 Å². The van der Waals surface area contributed by atoms with E-state index in [0.717, 1.165) is 17.0 Å². The summed E-state index contributed by atoms with van der Waals surface area (Å²) in [6.45, 7) is 0.595. The molecule has 0 spiro atoms. The molecule has 0 fully saturated rings. The van der Waals surface area contributed by atoms with E-state index in [1.807, 2.05) is 77.5 Å². The Labute approximate surface area is 213 Å². The molecule has 0 aliphatic carbocycles. The second-order valence-corrected chi connectivity index (χ2v) is 8.39. The number of nitrogens with one attached hydrogen (secondary N) is 2. The Bertz CT molecular complexity index is 1470. The number of carbonyl (C=O) groups excluding carboxylic acids is 1. The van der Waals surface area contributed by atoms with Gasteiger partial charge >= 0.3 is 6.03 Å². The van der Waals surface area contributed by atoms with Crippen LogP contribution in [0.3, 0.4) is 0 Å². The number of benzene rings is 3. The van der Waals surface area contributed by atoms with Crippen molar-refractivity contribution in [2.24, 2.45) is 0 Å². The largest absolute Gasteiger partial charge is 0.455 e. The first kappa shape index (κ1) is 23.1. The predicted octanol–water partition coefficient (Wildman–Crippen LogP) is 7.08.